The van der Waals surface area contributed by atoms with Crippen LogP contribution in [-0.2, 0) is 20.6 Å². The van der Waals surface area contributed by atoms with Crippen LogP contribution in [0.1, 0.15) is 16.8 Å². The average Bonchev–Trinajstić information content (AvgIpc) is 3.46. The normalized spacial score (nSPS) is 20.1. The Bertz CT molecular complexity index is 1260. The molecule has 3 aromatic rings. The molecule has 0 spiro atoms. The molecule has 1 N–H and O–H groups in total. The summed E-state index contributed by atoms with van der Waals surface area (Å²) in [5, 5.41) is 3.42. The Labute approximate surface area is 184 Å². The molecule has 0 radical (unpaired) electrons. The van der Waals surface area contributed by atoms with E-state index in [1.807, 2.05) is 18.2 Å². The highest BCUT2D eigenvalue weighted by Gasteiger charge is 2.40. The van der Waals surface area contributed by atoms with Crippen LogP contribution < -0.4 is 21.5 Å². The van der Waals surface area contributed by atoms with Crippen molar-refractivity contribution < 1.29 is 4.79 Å². The molecule has 9 nitrogen and oxygen atoms in total. The van der Waals surface area contributed by atoms with Crippen LogP contribution in [-0.4, -0.2) is 50.1 Å². The van der Waals surface area contributed by atoms with Gasteiger partial charge < -0.3 is 10.2 Å². The zero-order valence-corrected chi connectivity index (χ0v) is 18.3. The van der Waals surface area contributed by atoms with Gasteiger partial charge in [0.05, 0.1) is 6.54 Å². The number of hydrogen-bond donors (Lipinski definition) is 1. The Hall–Kier alpha value is -2.91. The SMILES string of the molecule is Cl.Cn1c(=O)c2c(nc(N3CCC4CNCC43)n2CC(=O)c2ccccc2)n(C)c1=O. The highest BCUT2D eigenvalue weighted by atomic mass is 35.5. The number of carbonyl (C=O) groups is 1. The van der Waals surface area contributed by atoms with Crippen molar-refractivity contribution in [1.29, 1.82) is 0 Å². The lowest BCUT2D eigenvalue weighted by atomic mass is 10.1. The van der Waals surface area contributed by atoms with Gasteiger partial charge in [-0.25, -0.2) is 4.79 Å². The third-order valence-corrected chi connectivity index (χ3v) is 6.43. The number of nitrogens with one attached hydrogen (secondary N) is 1. The summed E-state index contributed by atoms with van der Waals surface area (Å²) in [6.07, 6.45) is 1.03. The van der Waals surface area contributed by atoms with Crippen molar-refractivity contribution in [2.24, 2.45) is 20.0 Å². The van der Waals surface area contributed by atoms with E-state index in [0.717, 1.165) is 30.6 Å². The van der Waals surface area contributed by atoms with E-state index in [-0.39, 0.29) is 36.3 Å². The van der Waals surface area contributed by atoms with Crippen molar-refractivity contribution in [3.05, 3.63) is 56.7 Å². The number of carbonyl (C=O) groups excluding carboxylic acids is 1. The summed E-state index contributed by atoms with van der Waals surface area (Å²) in [6, 6.07) is 9.30. The first-order valence-corrected chi connectivity index (χ1v) is 10.2. The van der Waals surface area contributed by atoms with Gasteiger partial charge in [0, 0.05) is 45.3 Å². The number of rotatable bonds is 4. The minimum absolute atomic E-state index is 0. The number of halogens is 1. The molecule has 5 rings (SSSR count). The highest BCUT2D eigenvalue weighted by Crippen LogP contribution is 2.32. The Morgan fingerprint density at radius 2 is 1.87 bits per heavy atom. The van der Waals surface area contributed by atoms with E-state index in [1.165, 1.54) is 11.6 Å². The molecule has 31 heavy (non-hydrogen) atoms. The Morgan fingerprint density at radius 1 is 1.13 bits per heavy atom. The van der Waals surface area contributed by atoms with Crippen LogP contribution in [0.15, 0.2) is 39.9 Å². The highest BCUT2D eigenvalue weighted by molar-refractivity contribution is 5.97. The van der Waals surface area contributed by atoms with Gasteiger partial charge >= 0.3 is 5.69 Å². The molecule has 2 unspecified atom stereocenters. The molecule has 2 aliphatic rings. The maximum atomic E-state index is 13.0. The minimum atomic E-state index is -0.437. The van der Waals surface area contributed by atoms with E-state index < -0.39 is 11.2 Å². The number of nitrogens with zero attached hydrogens (tertiary/aromatic N) is 5. The first-order valence-electron chi connectivity index (χ1n) is 10.2. The molecule has 0 saturated carbocycles. The summed E-state index contributed by atoms with van der Waals surface area (Å²) in [6.45, 7) is 2.61. The maximum absolute atomic E-state index is 13.0. The lowest BCUT2D eigenvalue weighted by Crippen LogP contribution is -2.38. The first-order chi connectivity index (χ1) is 14.5. The molecule has 0 aliphatic carbocycles. The van der Waals surface area contributed by atoms with E-state index in [2.05, 4.69) is 10.2 Å². The number of anilines is 1. The second kappa shape index (κ2) is 7.97. The molecule has 164 valence electrons. The van der Waals surface area contributed by atoms with Gasteiger partial charge in [0.25, 0.3) is 5.56 Å². The van der Waals surface area contributed by atoms with E-state index in [0.29, 0.717) is 23.1 Å². The summed E-state index contributed by atoms with van der Waals surface area (Å²) in [5.41, 5.74) is 0.309. The average molecular weight is 445 g/mol. The van der Waals surface area contributed by atoms with E-state index in [4.69, 9.17) is 4.98 Å². The van der Waals surface area contributed by atoms with Crippen LogP contribution in [0, 0.1) is 5.92 Å². The third-order valence-electron chi connectivity index (χ3n) is 6.43. The lowest BCUT2D eigenvalue weighted by Gasteiger charge is -2.25. The van der Waals surface area contributed by atoms with Crippen molar-refractivity contribution in [2.45, 2.75) is 19.0 Å². The quantitative estimate of drug-likeness (QED) is 0.590. The third kappa shape index (κ3) is 3.28. The number of ketones is 1. The summed E-state index contributed by atoms with van der Waals surface area (Å²) in [5.74, 6) is 1.01. The van der Waals surface area contributed by atoms with Crippen LogP contribution in [0.25, 0.3) is 11.2 Å². The molecular formula is C21H25ClN6O3. The molecule has 2 saturated heterocycles. The van der Waals surface area contributed by atoms with E-state index in [9.17, 15) is 14.4 Å². The van der Waals surface area contributed by atoms with Gasteiger partial charge in [0.2, 0.25) is 5.95 Å². The molecule has 0 bridgehead atoms. The topological polar surface area (TPSA) is 94.2 Å². The van der Waals surface area contributed by atoms with Crippen LogP contribution in [0.4, 0.5) is 5.95 Å². The van der Waals surface area contributed by atoms with Crippen molar-refractivity contribution in [3.8, 4) is 0 Å². The number of aryl methyl sites for hydroxylation is 1. The van der Waals surface area contributed by atoms with Crippen LogP contribution in [0.2, 0.25) is 0 Å². The minimum Gasteiger partial charge on any atom is -0.338 e. The summed E-state index contributed by atoms with van der Waals surface area (Å²) in [4.78, 5) is 45.5. The predicted octanol–water partition coefficient (Wildman–Crippen LogP) is 0.536. The molecular weight excluding hydrogens is 420 g/mol. The van der Waals surface area contributed by atoms with Gasteiger partial charge in [-0.05, 0) is 12.3 Å². The van der Waals surface area contributed by atoms with Gasteiger partial charge in [-0.1, -0.05) is 30.3 Å². The number of imidazole rings is 1. The molecule has 2 atom stereocenters. The fraction of sp³-hybridized carbons (Fsp3) is 0.429. The molecule has 2 fully saturated rings. The zero-order valence-electron chi connectivity index (χ0n) is 17.4. The van der Waals surface area contributed by atoms with Gasteiger partial charge in [-0.3, -0.25) is 23.3 Å². The Kier molecular flexibility index (Phi) is 5.49. The Morgan fingerprint density at radius 3 is 2.61 bits per heavy atom. The van der Waals surface area contributed by atoms with Gasteiger partial charge in [-0.2, -0.15) is 4.98 Å². The number of aromatic nitrogens is 4. The number of fused-ring (bicyclic) bond motifs is 2. The maximum Gasteiger partial charge on any atom is 0.332 e. The fourth-order valence-corrected chi connectivity index (χ4v) is 4.76. The van der Waals surface area contributed by atoms with Gasteiger partial charge in [0.15, 0.2) is 16.9 Å². The van der Waals surface area contributed by atoms with Crippen molar-refractivity contribution in [1.82, 2.24) is 24.0 Å². The number of benzene rings is 1. The second-order valence-electron chi connectivity index (χ2n) is 8.13. The standard InChI is InChI=1S/C21H24N6O3.ClH/c1-24-18-17(19(29)25(2)21(24)30)27(12-16(28)13-6-4-3-5-7-13)20(23-18)26-9-8-14-10-22-11-15(14)26;/h3-7,14-15,22H,8-12H2,1-2H3;1H. The summed E-state index contributed by atoms with van der Waals surface area (Å²) in [7, 11) is 3.06. The van der Waals surface area contributed by atoms with Gasteiger partial charge in [-0.15, -0.1) is 12.4 Å². The first kappa shape index (κ1) is 21.3. The monoisotopic (exact) mass is 444 g/mol. The zero-order chi connectivity index (χ0) is 21.0. The van der Waals surface area contributed by atoms with Crippen molar-refractivity contribution in [3.63, 3.8) is 0 Å². The molecule has 4 heterocycles. The Balaban J connectivity index is 0.00000231. The van der Waals surface area contributed by atoms with Crippen molar-refractivity contribution >= 4 is 35.3 Å². The fourth-order valence-electron chi connectivity index (χ4n) is 4.76. The summed E-state index contributed by atoms with van der Waals surface area (Å²) >= 11 is 0. The van der Waals surface area contributed by atoms with Crippen molar-refractivity contribution in [2.75, 3.05) is 24.5 Å². The van der Waals surface area contributed by atoms with E-state index >= 15 is 0 Å². The number of hydrogen-bond acceptors (Lipinski definition) is 6. The largest absolute Gasteiger partial charge is 0.338 e. The molecule has 10 heteroatoms. The smallest absolute Gasteiger partial charge is 0.332 e. The number of Topliss-reactive ketones (excluding diaryl/α,β-unsaturated/α-hetero) is 1. The molecule has 2 aliphatic heterocycles. The van der Waals surface area contributed by atoms with Crippen LogP contribution >= 0.6 is 12.4 Å². The van der Waals surface area contributed by atoms with Crippen LogP contribution in [0.5, 0.6) is 0 Å². The second-order valence-corrected chi connectivity index (χ2v) is 8.13. The molecule has 0 amide bonds. The van der Waals surface area contributed by atoms with Gasteiger partial charge in [0.1, 0.15) is 0 Å². The lowest BCUT2D eigenvalue weighted by molar-refractivity contribution is 0.0973. The summed E-state index contributed by atoms with van der Waals surface area (Å²) < 4.78 is 4.15. The van der Waals surface area contributed by atoms with Crippen LogP contribution in [0.3, 0.4) is 0 Å². The van der Waals surface area contributed by atoms with E-state index in [1.54, 1.807) is 23.7 Å². The molecule has 2 aromatic heterocycles. The molecule has 1 aromatic carbocycles. The predicted molar refractivity (Wildman–Crippen MR) is 120 cm³/mol.